The predicted octanol–water partition coefficient (Wildman–Crippen LogP) is 3.58. The minimum absolute atomic E-state index is 0.0675. The SMILES string of the molecule is CC(=O)N1CCCc2cc(S(=O)(=O)NC(C(=O)Nc3cccc(Cl)c3)C(C)C)ccc21. The van der Waals surface area contributed by atoms with E-state index in [1.807, 2.05) is 0 Å². The molecule has 9 heteroatoms. The Morgan fingerprint density at radius 1 is 1.13 bits per heavy atom. The fraction of sp³-hybridized carbons (Fsp3) is 0.364. The number of rotatable bonds is 6. The highest BCUT2D eigenvalue weighted by molar-refractivity contribution is 7.89. The van der Waals surface area contributed by atoms with Crippen LogP contribution in [0.25, 0.3) is 0 Å². The molecule has 2 aromatic rings. The zero-order chi connectivity index (χ0) is 22.8. The molecule has 0 bridgehead atoms. The Balaban J connectivity index is 1.83. The molecule has 0 fully saturated rings. The van der Waals surface area contributed by atoms with Crippen molar-refractivity contribution in [1.29, 1.82) is 0 Å². The summed E-state index contributed by atoms with van der Waals surface area (Å²) in [6.45, 7) is 5.64. The number of hydrogen-bond acceptors (Lipinski definition) is 4. The van der Waals surface area contributed by atoms with Gasteiger partial charge in [-0.05, 0) is 60.7 Å². The van der Waals surface area contributed by atoms with Gasteiger partial charge in [0.05, 0.1) is 4.90 Å². The van der Waals surface area contributed by atoms with Crippen molar-refractivity contribution in [2.45, 2.75) is 44.6 Å². The van der Waals surface area contributed by atoms with Crippen LogP contribution in [0, 0.1) is 5.92 Å². The van der Waals surface area contributed by atoms with E-state index in [1.165, 1.54) is 13.0 Å². The molecular formula is C22H26ClN3O4S. The molecule has 0 radical (unpaired) electrons. The normalized spacial score (nSPS) is 14.8. The number of carbonyl (C=O) groups is 2. The molecule has 0 spiro atoms. The Labute approximate surface area is 187 Å². The van der Waals surface area contributed by atoms with E-state index >= 15 is 0 Å². The van der Waals surface area contributed by atoms with E-state index in [1.54, 1.807) is 55.1 Å². The minimum Gasteiger partial charge on any atom is -0.325 e. The Morgan fingerprint density at radius 3 is 2.52 bits per heavy atom. The summed E-state index contributed by atoms with van der Waals surface area (Å²) in [6, 6.07) is 10.4. The van der Waals surface area contributed by atoms with Gasteiger partial charge in [0.25, 0.3) is 0 Å². The maximum atomic E-state index is 13.1. The van der Waals surface area contributed by atoms with Crippen LogP contribution >= 0.6 is 11.6 Å². The van der Waals surface area contributed by atoms with E-state index in [4.69, 9.17) is 11.6 Å². The fourth-order valence-electron chi connectivity index (χ4n) is 3.58. The van der Waals surface area contributed by atoms with Crippen LogP contribution in [0.2, 0.25) is 5.02 Å². The monoisotopic (exact) mass is 463 g/mol. The van der Waals surface area contributed by atoms with E-state index in [0.29, 0.717) is 23.7 Å². The van der Waals surface area contributed by atoms with Crippen LogP contribution in [-0.4, -0.2) is 32.8 Å². The molecule has 1 atom stereocenters. The number of carbonyl (C=O) groups excluding carboxylic acids is 2. The first-order valence-electron chi connectivity index (χ1n) is 10.1. The lowest BCUT2D eigenvalue weighted by atomic mass is 10.0. The zero-order valence-corrected chi connectivity index (χ0v) is 19.3. The van der Waals surface area contributed by atoms with Crippen LogP contribution in [0.1, 0.15) is 32.8 Å². The predicted molar refractivity (Wildman–Crippen MR) is 122 cm³/mol. The van der Waals surface area contributed by atoms with E-state index < -0.39 is 22.0 Å². The Bertz CT molecular complexity index is 1100. The summed E-state index contributed by atoms with van der Waals surface area (Å²) in [7, 11) is -3.96. The summed E-state index contributed by atoms with van der Waals surface area (Å²) in [6.07, 6.45) is 1.45. The number of sulfonamides is 1. The van der Waals surface area contributed by atoms with Gasteiger partial charge in [-0.15, -0.1) is 0 Å². The number of fused-ring (bicyclic) bond motifs is 1. The summed E-state index contributed by atoms with van der Waals surface area (Å²) in [5.41, 5.74) is 2.02. The van der Waals surface area contributed by atoms with Gasteiger partial charge in [-0.2, -0.15) is 4.72 Å². The highest BCUT2D eigenvalue weighted by atomic mass is 35.5. The van der Waals surface area contributed by atoms with Crippen molar-refractivity contribution >= 4 is 44.8 Å². The van der Waals surface area contributed by atoms with Crippen LogP contribution in [-0.2, 0) is 26.0 Å². The van der Waals surface area contributed by atoms with Gasteiger partial charge in [0.2, 0.25) is 21.8 Å². The van der Waals surface area contributed by atoms with Gasteiger partial charge < -0.3 is 10.2 Å². The standard InChI is InChI=1S/C22H26ClN3O4S/c1-14(2)21(22(28)24-18-8-4-7-17(23)13-18)25-31(29,30)19-9-10-20-16(12-19)6-5-11-26(20)15(3)27/h4,7-10,12-14,21,25H,5-6,11H2,1-3H3,(H,24,28). The van der Waals surface area contributed by atoms with Crippen LogP contribution in [0.15, 0.2) is 47.4 Å². The Morgan fingerprint density at radius 2 is 1.87 bits per heavy atom. The van der Waals surface area contributed by atoms with Gasteiger partial charge in [0.1, 0.15) is 6.04 Å². The van der Waals surface area contributed by atoms with E-state index in [9.17, 15) is 18.0 Å². The molecule has 0 saturated heterocycles. The van der Waals surface area contributed by atoms with Crippen molar-refractivity contribution in [3.05, 3.63) is 53.1 Å². The van der Waals surface area contributed by atoms with E-state index in [2.05, 4.69) is 10.0 Å². The maximum absolute atomic E-state index is 13.1. The summed E-state index contributed by atoms with van der Waals surface area (Å²) >= 11 is 5.96. The second-order valence-electron chi connectivity index (χ2n) is 7.91. The molecule has 2 N–H and O–H groups in total. The molecule has 1 aliphatic rings. The molecule has 166 valence electrons. The van der Waals surface area contributed by atoms with Crippen molar-refractivity contribution in [3.63, 3.8) is 0 Å². The molecular weight excluding hydrogens is 438 g/mol. The smallest absolute Gasteiger partial charge is 0.242 e. The largest absolute Gasteiger partial charge is 0.325 e. The van der Waals surface area contributed by atoms with Crippen LogP contribution in [0.3, 0.4) is 0 Å². The maximum Gasteiger partial charge on any atom is 0.242 e. The second-order valence-corrected chi connectivity index (χ2v) is 10.1. The molecule has 1 unspecified atom stereocenters. The number of hydrogen-bond donors (Lipinski definition) is 2. The van der Waals surface area contributed by atoms with Gasteiger partial charge in [-0.1, -0.05) is 31.5 Å². The lowest BCUT2D eigenvalue weighted by Gasteiger charge is -2.29. The van der Waals surface area contributed by atoms with Crippen molar-refractivity contribution in [1.82, 2.24) is 4.72 Å². The third-order valence-electron chi connectivity index (χ3n) is 5.18. The van der Waals surface area contributed by atoms with E-state index in [0.717, 1.165) is 17.7 Å². The first-order chi connectivity index (χ1) is 14.6. The molecule has 0 aromatic heterocycles. The fourth-order valence-corrected chi connectivity index (χ4v) is 5.17. The highest BCUT2D eigenvalue weighted by Gasteiger charge is 2.30. The van der Waals surface area contributed by atoms with Crippen LogP contribution < -0.4 is 14.9 Å². The van der Waals surface area contributed by atoms with Gasteiger partial charge in [-0.25, -0.2) is 8.42 Å². The first kappa shape index (κ1) is 23.2. The Kier molecular flexibility index (Phi) is 7.03. The number of aryl methyl sites for hydroxylation is 1. The number of amides is 2. The third-order valence-corrected chi connectivity index (χ3v) is 6.86. The van der Waals surface area contributed by atoms with Crippen molar-refractivity contribution in [3.8, 4) is 0 Å². The number of anilines is 2. The quantitative estimate of drug-likeness (QED) is 0.684. The molecule has 1 heterocycles. The third kappa shape index (κ3) is 5.44. The average Bonchev–Trinajstić information content (AvgIpc) is 2.70. The summed E-state index contributed by atoms with van der Waals surface area (Å²) in [5.74, 6) is -0.839. The van der Waals surface area contributed by atoms with Gasteiger partial charge >= 0.3 is 0 Å². The first-order valence-corrected chi connectivity index (χ1v) is 11.9. The van der Waals surface area contributed by atoms with Gasteiger partial charge in [0.15, 0.2) is 0 Å². The highest BCUT2D eigenvalue weighted by Crippen LogP contribution is 2.29. The molecule has 31 heavy (non-hydrogen) atoms. The topological polar surface area (TPSA) is 95.6 Å². The number of benzene rings is 2. The van der Waals surface area contributed by atoms with Crippen LogP contribution in [0.4, 0.5) is 11.4 Å². The Hall–Kier alpha value is -2.42. The zero-order valence-electron chi connectivity index (χ0n) is 17.7. The second kappa shape index (κ2) is 9.38. The lowest BCUT2D eigenvalue weighted by Crippen LogP contribution is -2.47. The summed E-state index contributed by atoms with van der Waals surface area (Å²) in [5, 5.41) is 3.18. The van der Waals surface area contributed by atoms with Crippen molar-refractivity contribution in [2.24, 2.45) is 5.92 Å². The molecule has 2 aromatic carbocycles. The lowest BCUT2D eigenvalue weighted by molar-refractivity contribution is -0.118. The van der Waals surface area contributed by atoms with Crippen LogP contribution in [0.5, 0.6) is 0 Å². The van der Waals surface area contributed by atoms with Crippen molar-refractivity contribution < 1.29 is 18.0 Å². The summed E-state index contributed by atoms with van der Waals surface area (Å²) in [4.78, 5) is 26.4. The molecule has 0 saturated carbocycles. The molecule has 1 aliphatic heterocycles. The van der Waals surface area contributed by atoms with Gasteiger partial charge in [-0.3, -0.25) is 9.59 Å². The van der Waals surface area contributed by atoms with Gasteiger partial charge in [0, 0.05) is 29.9 Å². The molecule has 7 nitrogen and oxygen atoms in total. The molecule has 2 amide bonds. The average molecular weight is 464 g/mol. The number of halogens is 1. The molecule has 3 rings (SSSR count). The minimum atomic E-state index is -3.96. The number of nitrogens with one attached hydrogen (secondary N) is 2. The molecule has 0 aliphatic carbocycles. The number of nitrogens with zero attached hydrogens (tertiary/aromatic N) is 1. The summed E-state index contributed by atoms with van der Waals surface area (Å²) < 4.78 is 28.7. The van der Waals surface area contributed by atoms with Crippen molar-refractivity contribution in [2.75, 3.05) is 16.8 Å². The van der Waals surface area contributed by atoms with E-state index in [-0.39, 0.29) is 16.7 Å².